The number of aliphatic hydroxyl groups excluding tert-OH is 5. The monoisotopic (exact) mass is 871 g/mol. The molecule has 0 aliphatic heterocycles. The summed E-state index contributed by atoms with van der Waals surface area (Å²) in [6.45, 7) is 1.84. The van der Waals surface area contributed by atoms with Gasteiger partial charge in [-0.2, -0.15) is 0 Å². The highest BCUT2D eigenvalue weighted by atomic mass is 31.2. The third kappa shape index (κ3) is 38.2. The molecule has 0 aliphatic carbocycles. The fraction of sp³-hybridized carbons (Fsp3) is 0.696. The highest BCUT2D eigenvalue weighted by Crippen LogP contribution is 2.43. The van der Waals surface area contributed by atoms with E-state index in [1.54, 1.807) is 42.5 Å². The Morgan fingerprint density at radius 1 is 0.600 bits per heavy atom. The van der Waals surface area contributed by atoms with Crippen LogP contribution in [-0.4, -0.2) is 99.3 Å². The molecule has 6 atom stereocenters. The quantitative estimate of drug-likeness (QED) is 0.0112. The topological polar surface area (TPSA) is 210 Å². The van der Waals surface area contributed by atoms with Crippen LogP contribution in [0.15, 0.2) is 72.9 Å². The van der Waals surface area contributed by atoms with Gasteiger partial charge in [0.05, 0.1) is 38.1 Å². The maximum absolute atomic E-state index is 12.6. The van der Waals surface area contributed by atoms with E-state index in [9.17, 15) is 39.5 Å². The Bertz CT molecular complexity index is 1280. The van der Waals surface area contributed by atoms with Crippen LogP contribution in [0.5, 0.6) is 0 Å². The van der Waals surface area contributed by atoms with Gasteiger partial charge in [0.25, 0.3) is 0 Å². The molecule has 0 radical (unpaired) electrons. The van der Waals surface area contributed by atoms with Gasteiger partial charge in [-0.1, -0.05) is 151 Å². The van der Waals surface area contributed by atoms with E-state index in [1.165, 1.54) is 25.3 Å². The molecule has 0 saturated carbocycles. The molecule has 0 saturated heterocycles. The number of hydrogen-bond acceptors (Lipinski definition) is 12. The number of allylic oxidation sites excluding steroid dienone is 10. The lowest BCUT2D eigenvalue weighted by atomic mass is 10.1. The molecule has 346 valence electrons. The molecule has 6 N–H and O–H groups in total. The molecule has 0 heterocycles. The summed E-state index contributed by atoms with van der Waals surface area (Å²) in [5.41, 5.74) is 0. The van der Waals surface area contributed by atoms with Crippen molar-refractivity contribution in [3.8, 4) is 0 Å². The van der Waals surface area contributed by atoms with E-state index >= 15 is 0 Å². The molecular formula is C46H79O13P. The average Bonchev–Trinajstić information content (AvgIpc) is 3.22. The van der Waals surface area contributed by atoms with Crippen molar-refractivity contribution >= 4 is 19.8 Å². The minimum absolute atomic E-state index is 0.0938. The van der Waals surface area contributed by atoms with Crippen molar-refractivity contribution in [1.82, 2.24) is 0 Å². The number of hydrogen-bond donors (Lipinski definition) is 6. The number of ether oxygens (including phenoxy) is 2. The Hall–Kier alpha value is -2.71. The van der Waals surface area contributed by atoms with Gasteiger partial charge in [0.2, 0.25) is 0 Å². The minimum Gasteiger partial charge on any atom is -0.462 e. The first-order valence-electron chi connectivity index (χ1n) is 22.2. The van der Waals surface area contributed by atoms with Gasteiger partial charge in [0, 0.05) is 12.8 Å². The molecule has 0 aromatic carbocycles. The Morgan fingerprint density at radius 3 is 1.80 bits per heavy atom. The summed E-state index contributed by atoms with van der Waals surface area (Å²) in [5, 5.41) is 48.8. The van der Waals surface area contributed by atoms with Crippen LogP contribution in [0.2, 0.25) is 0 Å². The third-order valence-corrected chi connectivity index (χ3v) is 10.2. The van der Waals surface area contributed by atoms with Gasteiger partial charge >= 0.3 is 19.8 Å². The van der Waals surface area contributed by atoms with Crippen molar-refractivity contribution in [1.29, 1.82) is 0 Å². The van der Waals surface area contributed by atoms with Gasteiger partial charge in [0.1, 0.15) is 12.7 Å². The van der Waals surface area contributed by atoms with E-state index in [1.807, 2.05) is 0 Å². The Labute approximate surface area is 360 Å². The number of carbonyl (C=O) groups is 2. The molecule has 0 spiro atoms. The van der Waals surface area contributed by atoms with Crippen molar-refractivity contribution < 1.29 is 63.1 Å². The average molecular weight is 871 g/mol. The van der Waals surface area contributed by atoms with Gasteiger partial charge in [-0.05, 0) is 57.8 Å². The van der Waals surface area contributed by atoms with Crippen LogP contribution in [0.1, 0.15) is 149 Å². The first kappa shape index (κ1) is 57.3. The number of aliphatic hydroxyl groups is 5. The van der Waals surface area contributed by atoms with E-state index in [2.05, 4.69) is 42.7 Å². The molecule has 0 aromatic rings. The maximum atomic E-state index is 12.6. The summed E-state index contributed by atoms with van der Waals surface area (Å²) < 4.78 is 32.5. The van der Waals surface area contributed by atoms with E-state index in [-0.39, 0.29) is 25.7 Å². The summed E-state index contributed by atoms with van der Waals surface area (Å²) in [6, 6.07) is 0. The van der Waals surface area contributed by atoms with E-state index in [0.717, 1.165) is 83.5 Å². The largest absolute Gasteiger partial charge is 0.472 e. The summed E-state index contributed by atoms with van der Waals surface area (Å²) in [7, 11) is -4.71. The van der Waals surface area contributed by atoms with Crippen molar-refractivity contribution in [2.75, 3.05) is 26.4 Å². The van der Waals surface area contributed by atoms with Crippen molar-refractivity contribution in [3.05, 3.63) is 72.9 Å². The number of esters is 2. The molecule has 0 fully saturated rings. The standard InChI is InChI=1S/C46H79O13P/c1-3-5-7-8-9-10-11-12-13-14-15-16-17-18-19-24-28-34-46(53)59-42(39-58-60(54,55)57-37-41(49)36-47)38-56-45(52)35-29-33-44(51)43(50)32-27-23-21-20-22-26-31-40(48)30-25-6-4-2/h9-10,12-13,20-23,26-27,31-32,40-44,47-51H,3-8,11,14-19,24-25,28-30,33-39H2,1-2H3,(H,54,55)/b10-9-,13-12-,22-20-,23-21+,31-26+,32-27+/t40-,41+,42-,43-,44-/m1/s1. The lowest BCUT2D eigenvalue weighted by molar-refractivity contribution is -0.161. The summed E-state index contributed by atoms with van der Waals surface area (Å²) in [5.74, 6) is -1.27. The predicted molar refractivity (Wildman–Crippen MR) is 237 cm³/mol. The van der Waals surface area contributed by atoms with Gasteiger partial charge < -0.3 is 39.9 Å². The molecule has 0 amide bonds. The number of rotatable bonds is 40. The maximum Gasteiger partial charge on any atom is 0.472 e. The van der Waals surface area contributed by atoms with Crippen LogP contribution in [-0.2, 0) is 32.7 Å². The number of carbonyl (C=O) groups excluding carboxylic acids is 2. The van der Waals surface area contributed by atoms with E-state index < -0.39 is 76.7 Å². The Morgan fingerprint density at radius 2 is 1.15 bits per heavy atom. The van der Waals surface area contributed by atoms with Crippen molar-refractivity contribution in [2.24, 2.45) is 0 Å². The van der Waals surface area contributed by atoms with Crippen LogP contribution in [0.25, 0.3) is 0 Å². The predicted octanol–water partition coefficient (Wildman–Crippen LogP) is 8.58. The van der Waals surface area contributed by atoms with Gasteiger partial charge in [-0.15, -0.1) is 0 Å². The SMILES string of the molecule is CCCCC/C=C\C/C=C\CCCCCCCCCC(=O)O[C@H](COC(=O)CCC[C@@H](O)[C@H](O)/C=C/C=C/C=C\C=C\[C@H](O)CCCCC)COP(=O)(O)OC[C@@H](O)CO. The molecule has 60 heavy (non-hydrogen) atoms. The fourth-order valence-electron chi connectivity index (χ4n) is 5.58. The zero-order chi connectivity index (χ0) is 44.5. The zero-order valence-electron chi connectivity index (χ0n) is 36.5. The molecule has 14 heteroatoms. The van der Waals surface area contributed by atoms with Crippen LogP contribution in [0.3, 0.4) is 0 Å². The number of unbranched alkanes of at least 4 members (excludes halogenated alkanes) is 12. The fourth-order valence-corrected chi connectivity index (χ4v) is 6.37. The van der Waals surface area contributed by atoms with Crippen LogP contribution in [0, 0.1) is 0 Å². The normalized spacial score (nSPS) is 16.1. The second-order valence-corrected chi connectivity index (χ2v) is 16.4. The van der Waals surface area contributed by atoms with Gasteiger partial charge in [-0.25, -0.2) is 4.57 Å². The van der Waals surface area contributed by atoms with Gasteiger partial charge in [-0.3, -0.25) is 18.6 Å². The molecule has 0 rings (SSSR count). The first-order chi connectivity index (χ1) is 28.9. The Kier molecular flexibility index (Phi) is 38.5. The third-order valence-electron chi connectivity index (χ3n) is 9.20. The molecule has 0 bridgehead atoms. The first-order valence-corrected chi connectivity index (χ1v) is 23.7. The van der Waals surface area contributed by atoms with Crippen molar-refractivity contribution in [2.45, 2.75) is 179 Å². The second kappa shape index (κ2) is 40.4. The summed E-state index contributed by atoms with van der Waals surface area (Å²) in [4.78, 5) is 35.1. The number of phosphoric ester groups is 1. The van der Waals surface area contributed by atoms with Crippen LogP contribution < -0.4 is 0 Å². The molecule has 0 aliphatic rings. The summed E-state index contributed by atoms with van der Waals surface area (Å²) in [6.07, 6.45) is 35.1. The van der Waals surface area contributed by atoms with E-state index in [4.69, 9.17) is 19.1 Å². The zero-order valence-corrected chi connectivity index (χ0v) is 37.4. The van der Waals surface area contributed by atoms with Crippen LogP contribution in [0.4, 0.5) is 0 Å². The number of phosphoric acid groups is 1. The highest BCUT2D eigenvalue weighted by Gasteiger charge is 2.27. The molecule has 0 aromatic heterocycles. The van der Waals surface area contributed by atoms with E-state index in [0.29, 0.717) is 6.42 Å². The lowest BCUT2D eigenvalue weighted by Gasteiger charge is -2.20. The minimum atomic E-state index is -4.71. The second-order valence-electron chi connectivity index (χ2n) is 14.9. The lowest BCUT2D eigenvalue weighted by Crippen LogP contribution is -2.30. The van der Waals surface area contributed by atoms with Crippen LogP contribution >= 0.6 is 7.82 Å². The van der Waals surface area contributed by atoms with Gasteiger partial charge in [0.15, 0.2) is 6.10 Å². The molecule has 1 unspecified atom stereocenters. The smallest absolute Gasteiger partial charge is 0.462 e. The molecule has 13 nitrogen and oxygen atoms in total. The summed E-state index contributed by atoms with van der Waals surface area (Å²) >= 11 is 0. The van der Waals surface area contributed by atoms with Crippen molar-refractivity contribution in [3.63, 3.8) is 0 Å². The molecular weight excluding hydrogens is 791 g/mol. The highest BCUT2D eigenvalue weighted by molar-refractivity contribution is 7.47. The Balaban J connectivity index is 4.63.